The minimum absolute atomic E-state index is 0.0414. The van der Waals surface area contributed by atoms with Crippen molar-refractivity contribution in [2.24, 2.45) is 0 Å². The number of hydrogen-bond acceptors (Lipinski definition) is 5. The van der Waals surface area contributed by atoms with Gasteiger partial charge in [0.15, 0.2) is 0 Å². The molecular formula is C12H6F2N2O4S. The molecule has 0 saturated heterocycles. The molecule has 0 fully saturated rings. The zero-order valence-electron chi connectivity index (χ0n) is 10.1. The number of aromatic carboxylic acids is 1. The fourth-order valence-corrected chi connectivity index (χ4v) is 2.30. The van der Waals surface area contributed by atoms with Crippen LogP contribution in [0.3, 0.4) is 0 Å². The largest absolute Gasteiger partial charge is 0.478 e. The smallest absolute Gasteiger partial charge is 0.338 e. The maximum absolute atomic E-state index is 13.5. The zero-order chi connectivity index (χ0) is 15.6. The number of nitrogens with zero attached hydrogens (tertiary/aromatic N) is 2. The Morgan fingerprint density at radius 1 is 1.33 bits per heavy atom. The third-order valence-electron chi connectivity index (χ3n) is 2.38. The molecule has 0 aliphatic rings. The molecule has 108 valence electrons. The van der Waals surface area contributed by atoms with E-state index in [4.69, 9.17) is 5.11 Å². The molecule has 21 heavy (non-hydrogen) atoms. The van der Waals surface area contributed by atoms with E-state index in [2.05, 4.69) is 4.98 Å². The summed E-state index contributed by atoms with van der Waals surface area (Å²) in [4.78, 5) is 24.5. The van der Waals surface area contributed by atoms with Gasteiger partial charge in [-0.3, -0.25) is 10.1 Å². The second-order valence-electron chi connectivity index (χ2n) is 3.79. The van der Waals surface area contributed by atoms with Crippen LogP contribution in [0, 0.1) is 21.7 Å². The van der Waals surface area contributed by atoms with E-state index < -0.39 is 33.8 Å². The van der Waals surface area contributed by atoms with Gasteiger partial charge in [0, 0.05) is 17.0 Å². The Kier molecular flexibility index (Phi) is 4.13. The van der Waals surface area contributed by atoms with Gasteiger partial charge >= 0.3 is 5.97 Å². The second kappa shape index (κ2) is 5.83. The van der Waals surface area contributed by atoms with E-state index >= 15 is 0 Å². The van der Waals surface area contributed by atoms with Crippen molar-refractivity contribution >= 4 is 23.4 Å². The molecule has 2 aromatic rings. The summed E-state index contributed by atoms with van der Waals surface area (Å²) >= 11 is 0.642. The lowest BCUT2D eigenvalue weighted by Gasteiger charge is -2.05. The summed E-state index contributed by atoms with van der Waals surface area (Å²) in [5.41, 5.74) is -0.922. The van der Waals surface area contributed by atoms with E-state index in [1.165, 1.54) is 0 Å². The highest BCUT2D eigenvalue weighted by molar-refractivity contribution is 7.99. The van der Waals surface area contributed by atoms with Gasteiger partial charge < -0.3 is 5.11 Å². The van der Waals surface area contributed by atoms with Gasteiger partial charge in [-0.05, 0) is 12.1 Å². The predicted molar refractivity (Wildman–Crippen MR) is 68.3 cm³/mol. The van der Waals surface area contributed by atoms with E-state index in [1.54, 1.807) is 0 Å². The van der Waals surface area contributed by atoms with Crippen LogP contribution in [0.5, 0.6) is 0 Å². The lowest BCUT2D eigenvalue weighted by molar-refractivity contribution is -0.385. The Labute approximate surface area is 120 Å². The van der Waals surface area contributed by atoms with Gasteiger partial charge in [0.25, 0.3) is 5.69 Å². The number of hydrogen-bond donors (Lipinski definition) is 1. The van der Waals surface area contributed by atoms with Crippen LogP contribution in [0.1, 0.15) is 10.4 Å². The Morgan fingerprint density at radius 2 is 2.05 bits per heavy atom. The third kappa shape index (κ3) is 3.31. The van der Waals surface area contributed by atoms with Crippen molar-refractivity contribution in [2.45, 2.75) is 9.92 Å². The molecule has 0 bridgehead atoms. The van der Waals surface area contributed by atoms with Crippen molar-refractivity contribution < 1.29 is 23.6 Å². The summed E-state index contributed by atoms with van der Waals surface area (Å²) in [6, 6.07) is 3.62. The zero-order valence-corrected chi connectivity index (χ0v) is 10.9. The Bertz CT molecular complexity index is 739. The average Bonchev–Trinajstić information content (AvgIpc) is 2.41. The first-order valence-corrected chi connectivity index (χ1v) is 6.21. The Morgan fingerprint density at radius 3 is 2.62 bits per heavy atom. The van der Waals surface area contributed by atoms with E-state index in [1.807, 2.05) is 0 Å². The van der Waals surface area contributed by atoms with E-state index in [0.29, 0.717) is 17.8 Å². The van der Waals surface area contributed by atoms with Crippen LogP contribution in [0.25, 0.3) is 0 Å². The first-order valence-electron chi connectivity index (χ1n) is 5.39. The van der Waals surface area contributed by atoms with Gasteiger partial charge in [0.2, 0.25) is 0 Å². The van der Waals surface area contributed by atoms with Crippen LogP contribution in [0.2, 0.25) is 0 Å². The monoisotopic (exact) mass is 312 g/mol. The Hall–Kier alpha value is -2.55. The summed E-state index contributed by atoms with van der Waals surface area (Å²) in [5.74, 6) is -3.08. The van der Waals surface area contributed by atoms with Gasteiger partial charge in [-0.1, -0.05) is 11.8 Å². The number of carboxylic acid groups (broad SMARTS) is 1. The molecule has 1 aromatic carbocycles. The molecule has 9 heteroatoms. The van der Waals surface area contributed by atoms with E-state index in [0.717, 1.165) is 24.4 Å². The topological polar surface area (TPSA) is 93.3 Å². The van der Waals surface area contributed by atoms with Crippen LogP contribution in [0.15, 0.2) is 40.4 Å². The number of carbonyl (C=O) groups is 1. The number of rotatable bonds is 4. The molecule has 6 nitrogen and oxygen atoms in total. The SMILES string of the molecule is O=C(O)c1cc([N+](=O)[O-])cnc1Sc1ccc(F)cc1F. The highest BCUT2D eigenvalue weighted by Crippen LogP contribution is 2.32. The van der Waals surface area contributed by atoms with Crippen molar-refractivity contribution in [3.63, 3.8) is 0 Å². The minimum Gasteiger partial charge on any atom is -0.478 e. The van der Waals surface area contributed by atoms with Crippen LogP contribution < -0.4 is 0 Å². The third-order valence-corrected chi connectivity index (χ3v) is 3.45. The number of benzene rings is 1. The standard InChI is InChI=1S/C12H6F2N2O4S/c13-6-1-2-10(9(14)3-6)21-11-8(12(17)18)4-7(5-15-11)16(19)20/h1-5H,(H,17,18). The molecular weight excluding hydrogens is 306 g/mol. The Balaban J connectivity index is 2.44. The maximum Gasteiger partial charge on any atom is 0.338 e. The molecule has 1 aromatic heterocycles. The van der Waals surface area contributed by atoms with Gasteiger partial charge in [0.1, 0.15) is 22.9 Å². The minimum atomic E-state index is -1.43. The molecule has 0 unspecified atom stereocenters. The number of pyridine rings is 1. The second-order valence-corrected chi connectivity index (χ2v) is 4.82. The highest BCUT2D eigenvalue weighted by atomic mass is 32.2. The number of carboxylic acids is 1. The molecule has 0 aliphatic heterocycles. The molecule has 0 aliphatic carbocycles. The van der Waals surface area contributed by atoms with Crippen LogP contribution >= 0.6 is 11.8 Å². The van der Waals surface area contributed by atoms with Crippen LogP contribution in [-0.2, 0) is 0 Å². The maximum atomic E-state index is 13.5. The molecule has 0 saturated carbocycles. The first kappa shape index (κ1) is 14.9. The van der Waals surface area contributed by atoms with E-state index in [9.17, 15) is 23.7 Å². The summed E-state index contributed by atoms with van der Waals surface area (Å²) < 4.78 is 26.3. The lowest BCUT2D eigenvalue weighted by Crippen LogP contribution is -2.03. The van der Waals surface area contributed by atoms with Crippen molar-refractivity contribution in [3.8, 4) is 0 Å². The molecule has 0 radical (unpaired) electrons. The van der Waals surface area contributed by atoms with E-state index in [-0.39, 0.29) is 9.92 Å². The number of nitro groups is 1. The van der Waals surface area contributed by atoms with Crippen LogP contribution in [-0.4, -0.2) is 21.0 Å². The summed E-state index contributed by atoms with van der Waals surface area (Å²) in [6.45, 7) is 0. The highest BCUT2D eigenvalue weighted by Gasteiger charge is 2.19. The molecule has 0 amide bonds. The molecule has 0 spiro atoms. The fraction of sp³-hybridized carbons (Fsp3) is 0. The van der Waals surface area contributed by atoms with Crippen molar-refractivity contribution in [1.82, 2.24) is 4.98 Å². The van der Waals surface area contributed by atoms with Crippen molar-refractivity contribution in [1.29, 1.82) is 0 Å². The average molecular weight is 312 g/mol. The number of halogens is 2. The summed E-state index contributed by atoms with van der Waals surface area (Å²) in [6.07, 6.45) is 0.871. The lowest BCUT2D eigenvalue weighted by atomic mass is 10.3. The van der Waals surface area contributed by atoms with Crippen molar-refractivity contribution in [3.05, 3.63) is 57.8 Å². The fourth-order valence-electron chi connectivity index (χ4n) is 1.44. The molecule has 2 rings (SSSR count). The van der Waals surface area contributed by atoms with Gasteiger partial charge in [-0.25, -0.2) is 18.6 Å². The summed E-state index contributed by atoms with van der Waals surface area (Å²) in [7, 11) is 0. The summed E-state index contributed by atoms with van der Waals surface area (Å²) in [5, 5.41) is 19.5. The predicted octanol–water partition coefficient (Wildman–Crippen LogP) is 3.12. The molecule has 1 N–H and O–H groups in total. The number of aromatic nitrogens is 1. The van der Waals surface area contributed by atoms with Crippen molar-refractivity contribution in [2.75, 3.05) is 0 Å². The normalized spacial score (nSPS) is 10.4. The van der Waals surface area contributed by atoms with Crippen LogP contribution in [0.4, 0.5) is 14.5 Å². The van der Waals surface area contributed by atoms with Gasteiger partial charge in [0.05, 0.1) is 10.5 Å². The molecule has 0 atom stereocenters. The quantitative estimate of drug-likeness (QED) is 0.688. The molecule has 1 heterocycles. The first-order chi connectivity index (χ1) is 9.88. The van der Waals surface area contributed by atoms with Gasteiger partial charge in [-0.15, -0.1) is 0 Å². The van der Waals surface area contributed by atoms with Gasteiger partial charge in [-0.2, -0.15) is 0 Å².